The number of aliphatic hydroxyl groups is 1. The lowest BCUT2D eigenvalue weighted by molar-refractivity contribution is -0.140. The van der Waals surface area contributed by atoms with E-state index >= 15 is 0 Å². The van der Waals surface area contributed by atoms with Gasteiger partial charge in [0.2, 0.25) is 0 Å². The van der Waals surface area contributed by atoms with Crippen molar-refractivity contribution in [2.24, 2.45) is 0 Å². The fourth-order valence-electron chi connectivity index (χ4n) is 5.10. The zero-order valence-corrected chi connectivity index (χ0v) is 17.9. The van der Waals surface area contributed by atoms with Crippen molar-refractivity contribution in [2.75, 3.05) is 13.2 Å². The summed E-state index contributed by atoms with van der Waals surface area (Å²) in [5.74, 6) is -1.96. The highest BCUT2D eigenvalue weighted by Crippen LogP contribution is 2.40. The first-order chi connectivity index (χ1) is 15.5. The fraction of sp³-hybridized carbons (Fsp3) is 0.385. The van der Waals surface area contributed by atoms with E-state index in [1.54, 1.807) is 12.1 Å². The number of Topliss-reactive ketones (excluding diaryl/α,β-unsaturated/α-hetero) is 1. The lowest BCUT2D eigenvalue weighted by Gasteiger charge is -2.27. The van der Waals surface area contributed by atoms with Crippen LogP contribution >= 0.6 is 0 Å². The van der Waals surface area contributed by atoms with E-state index in [1.165, 1.54) is 28.2 Å². The van der Waals surface area contributed by atoms with Crippen LogP contribution in [0, 0.1) is 5.82 Å². The maximum absolute atomic E-state index is 13.6. The monoisotopic (exact) mass is 435 g/mol. The second kappa shape index (κ2) is 8.51. The summed E-state index contributed by atoms with van der Waals surface area (Å²) < 4.78 is 19.3. The highest BCUT2D eigenvalue weighted by Gasteiger charge is 2.47. The molecule has 5 rings (SSSR count). The van der Waals surface area contributed by atoms with Gasteiger partial charge in [0.1, 0.15) is 11.6 Å². The van der Waals surface area contributed by atoms with Crippen molar-refractivity contribution in [3.05, 3.63) is 76.1 Å². The van der Waals surface area contributed by atoms with E-state index in [-0.39, 0.29) is 24.0 Å². The Kier molecular flexibility index (Phi) is 5.55. The summed E-state index contributed by atoms with van der Waals surface area (Å²) in [4.78, 5) is 27.6. The van der Waals surface area contributed by atoms with Crippen LogP contribution < -0.4 is 0 Å². The Morgan fingerprint density at radius 3 is 2.50 bits per heavy atom. The molecule has 1 aliphatic carbocycles. The molecule has 3 aliphatic rings. The van der Waals surface area contributed by atoms with Gasteiger partial charge in [-0.3, -0.25) is 9.59 Å². The molecule has 2 aromatic carbocycles. The minimum Gasteiger partial charge on any atom is -0.507 e. The van der Waals surface area contributed by atoms with Crippen LogP contribution in [-0.4, -0.2) is 41.0 Å². The minimum atomic E-state index is -0.782. The van der Waals surface area contributed by atoms with Crippen LogP contribution in [0.5, 0.6) is 0 Å². The van der Waals surface area contributed by atoms with Crippen LogP contribution in [0.25, 0.3) is 5.76 Å². The predicted molar refractivity (Wildman–Crippen MR) is 117 cm³/mol. The summed E-state index contributed by atoms with van der Waals surface area (Å²) in [6, 6.07) is 10.7. The van der Waals surface area contributed by atoms with Crippen molar-refractivity contribution in [1.82, 2.24) is 4.90 Å². The van der Waals surface area contributed by atoms with Gasteiger partial charge in [-0.25, -0.2) is 4.39 Å². The van der Waals surface area contributed by atoms with Crippen LogP contribution in [0.2, 0.25) is 0 Å². The number of carbonyl (C=O) groups is 2. The summed E-state index contributed by atoms with van der Waals surface area (Å²) in [6.07, 6.45) is 5.76. The van der Waals surface area contributed by atoms with Crippen molar-refractivity contribution in [1.29, 1.82) is 0 Å². The number of ketones is 1. The highest BCUT2D eigenvalue weighted by atomic mass is 19.1. The van der Waals surface area contributed by atoms with Crippen molar-refractivity contribution < 1.29 is 23.8 Å². The number of likely N-dealkylation sites (tertiary alicyclic amines) is 1. The van der Waals surface area contributed by atoms with Gasteiger partial charge in [-0.2, -0.15) is 0 Å². The first kappa shape index (κ1) is 20.9. The highest BCUT2D eigenvalue weighted by molar-refractivity contribution is 6.46. The Labute approximate surface area is 186 Å². The van der Waals surface area contributed by atoms with Crippen molar-refractivity contribution in [3.63, 3.8) is 0 Å². The molecule has 0 bridgehead atoms. The maximum Gasteiger partial charge on any atom is 0.295 e. The molecular formula is C26H26FNO4. The molecule has 0 spiro atoms. The molecule has 1 N–H and O–H groups in total. The molecule has 2 heterocycles. The molecule has 6 heteroatoms. The van der Waals surface area contributed by atoms with Gasteiger partial charge in [-0.1, -0.05) is 24.3 Å². The third-order valence-electron chi connectivity index (χ3n) is 6.77. The number of hydrogen-bond donors (Lipinski definition) is 1. The van der Waals surface area contributed by atoms with Crippen LogP contribution in [0.4, 0.5) is 4.39 Å². The van der Waals surface area contributed by atoms with Gasteiger partial charge in [0.15, 0.2) is 0 Å². The van der Waals surface area contributed by atoms with Gasteiger partial charge in [-0.05, 0) is 73.4 Å². The van der Waals surface area contributed by atoms with E-state index in [1.807, 2.05) is 18.2 Å². The third-order valence-corrected chi connectivity index (χ3v) is 6.77. The standard InChI is InChI=1S/C26H26FNO4/c27-20-11-9-17(10-12-20)23-22(25(30)26(31)28(23)15-21-6-3-13-32-21)24(29)19-8-7-16-4-1-2-5-18(16)14-19/h7-12,14,21,23,29H,1-6,13,15H2/b24-22-. The molecule has 2 aliphatic heterocycles. The summed E-state index contributed by atoms with van der Waals surface area (Å²) >= 11 is 0. The van der Waals surface area contributed by atoms with E-state index in [9.17, 15) is 19.1 Å². The predicted octanol–water partition coefficient (Wildman–Crippen LogP) is 4.31. The molecule has 2 unspecified atom stereocenters. The van der Waals surface area contributed by atoms with E-state index in [0.29, 0.717) is 17.7 Å². The molecule has 0 aromatic heterocycles. The maximum atomic E-state index is 13.6. The van der Waals surface area contributed by atoms with Crippen LogP contribution in [0.1, 0.15) is 54.0 Å². The van der Waals surface area contributed by atoms with Gasteiger partial charge >= 0.3 is 0 Å². The molecule has 0 radical (unpaired) electrons. The molecule has 32 heavy (non-hydrogen) atoms. The van der Waals surface area contributed by atoms with E-state index < -0.39 is 23.5 Å². The van der Waals surface area contributed by atoms with Crippen LogP contribution in [0.3, 0.4) is 0 Å². The summed E-state index contributed by atoms with van der Waals surface area (Å²) in [5.41, 5.74) is 3.61. The van der Waals surface area contributed by atoms with Gasteiger partial charge in [-0.15, -0.1) is 0 Å². The van der Waals surface area contributed by atoms with Crippen molar-refractivity contribution in [2.45, 2.75) is 50.7 Å². The van der Waals surface area contributed by atoms with Crippen molar-refractivity contribution in [3.8, 4) is 0 Å². The fourth-order valence-corrected chi connectivity index (χ4v) is 5.10. The first-order valence-corrected chi connectivity index (χ1v) is 11.3. The third kappa shape index (κ3) is 3.73. The zero-order chi connectivity index (χ0) is 22.2. The molecule has 2 atom stereocenters. The number of fused-ring (bicyclic) bond motifs is 1. The number of carbonyl (C=O) groups excluding carboxylic acids is 2. The largest absolute Gasteiger partial charge is 0.507 e. The van der Waals surface area contributed by atoms with Gasteiger partial charge in [0, 0.05) is 18.7 Å². The smallest absolute Gasteiger partial charge is 0.295 e. The lowest BCUT2D eigenvalue weighted by atomic mass is 9.88. The van der Waals surface area contributed by atoms with E-state index in [2.05, 4.69) is 0 Å². The average molecular weight is 435 g/mol. The molecule has 1 amide bonds. The second-order valence-electron chi connectivity index (χ2n) is 8.83. The van der Waals surface area contributed by atoms with Crippen LogP contribution in [0.15, 0.2) is 48.0 Å². The zero-order valence-electron chi connectivity index (χ0n) is 17.9. The number of aryl methyl sites for hydroxylation is 2. The molecule has 166 valence electrons. The molecule has 2 fully saturated rings. The SMILES string of the molecule is O=C1C(=O)N(CC2CCCO2)C(c2ccc(F)cc2)/C1=C(/O)c1ccc2c(c1)CCCC2. The Hall–Kier alpha value is -2.99. The first-order valence-electron chi connectivity index (χ1n) is 11.3. The number of benzene rings is 2. The Morgan fingerprint density at radius 2 is 1.78 bits per heavy atom. The molecule has 0 saturated carbocycles. The van der Waals surface area contributed by atoms with E-state index in [4.69, 9.17) is 4.74 Å². The average Bonchev–Trinajstić information content (AvgIpc) is 3.41. The number of rotatable bonds is 4. The number of halogens is 1. The molecule has 5 nitrogen and oxygen atoms in total. The Morgan fingerprint density at radius 1 is 1.03 bits per heavy atom. The number of aliphatic hydroxyl groups excluding tert-OH is 1. The molecule has 2 saturated heterocycles. The van der Waals surface area contributed by atoms with Crippen LogP contribution in [-0.2, 0) is 27.2 Å². The molecular weight excluding hydrogens is 409 g/mol. The van der Waals surface area contributed by atoms with Crippen molar-refractivity contribution >= 4 is 17.4 Å². The number of ether oxygens (including phenoxy) is 1. The topological polar surface area (TPSA) is 66.8 Å². The Bertz CT molecular complexity index is 1090. The van der Waals surface area contributed by atoms with E-state index in [0.717, 1.165) is 38.5 Å². The quantitative estimate of drug-likeness (QED) is 0.442. The number of amides is 1. The number of nitrogens with zero attached hydrogens (tertiary/aromatic N) is 1. The number of hydrogen-bond acceptors (Lipinski definition) is 4. The van der Waals surface area contributed by atoms with Gasteiger partial charge in [0.25, 0.3) is 11.7 Å². The summed E-state index contributed by atoms with van der Waals surface area (Å²) in [5, 5.41) is 11.2. The molecule has 2 aromatic rings. The minimum absolute atomic E-state index is 0.0513. The lowest BCUT2D eigenvalue weighted by Crippen LogP contribution is -2.36. The summed E-state index contributed by atoms with van der Waals surface area (Å²) in [7, 11) is 0. The van der Waals surface area contributed by atoms with Gasteiger partial charge in [0.05, 0.1) is 17.7 Å². The second-order valence-corrected chi connectivity index (χ2v) is 8.83. The van der Waals surface area contributed by atoms with Gasteiger partial charge < -0.3 is 14.7 Å². The Balaban J connectivity index is 1.60. The normalized spacial score (nSPS) is 24.7. The summed E-state index contributed by atoms with van der Waals surface area (Å²) in [6.45, 7) is 0.887.